The Morgan fingerprint density at radius 1 is 1.14 bits per heavy atom. The van der Waals surface area contributed by atoms with Crippen molar-refractivity contribution in [3.8, 4) is 11.5 Å². The minimum absolute atomic E-state index is 0.185. The minimum atomic E-state index is -0.296. The van der Waals surface area contributed by atoms with Crippen molar-refractivity contribution in [1.29, 1.82) is 0 Å². The smallest absolute Gasteiger partial charge is 0.261 e. The molecule has 1 N–H and O–H groups in total. The van der Waals surface area contributed by atoms with Crippen molar-refractivity contribution in [3.05, 3.63) is 34.9 Å². The average Bonchev–Trinajstić information content (AvgIpc) is 3.45. The highest BCUT2D eigenvalue weighted by Crippen LogP contribution is 2.39. The van der Waals surface area contributed by atoms with Crippen molar-refractivity contribution in [3.63, 3.8) is 0 Å². The maximum absolute atomic E-state index is 15.5. The molecule has 7 nitrogen and oxygen atoms in total. The fraction of sp³-hybridized carbons (Fsp3) is 0.542. The molecule has 2 aliphatic rings. The Morgan fingerprint density at radius 3 is 2.57 bits per heavy atom. The average molecular weight is 475 g/mol. The van der Waals surface area contributed by atoms with Crippen molar-refractivity contribution >= 4 is 40.3 Å². The van der Waals surface area contributed by atoms with Crippen LogP contribution in [0.1, 0.15) is 43.1 Å². The molecule has 0 amide bonds. The van der Waals surface area contributed by atoms with E-state index >= 15 is 4.39 Å². The first-order chi connectivity index (χ1) is 16.6. The lowest BCUT2D eigenvalue weighted by Crippen LogP contribution is -2.50. The molecule has 0 aliphatic carbocycles. The van der Waals surface area contributed by atoms with Gasteiger partial charge in [0.15, 0.2) is 5.82 Å². The lowest BCUT2D eigenvalue weighted by Gasteiger charge is -2.40. The quantitative estimate of drug-likeness (QED) is 0.548. The lowest BCUT2D eigenvalue weighted by atomic mass is 9.40. The number of nitrogens with one attached hydrogen (secondary N) is 1. The fourth-order valence-corrected chi connectivity index (χ4v) is 5.40. The predicted molar refractivity (Wildman–Crippen MR) is 144 cm³/mol. The normalized spacial score (nSPS) is 23.3. The van der Waals surface area contributed by atoms with Gasteiger partial charge in [-0.3, -0.25) is 0 Å². The standard InChI is InChI=1S/C24H33B3FN5O2/c1-12-8-16(30-17-5-7-34-11-17)4-6-33(12)22-20(23-29-14(3)32-35-23)13(2)18-9-15(24(25,26)27)10-19(28)21(18)31-22/h9-10,12,16-17,30H,4-8,11,25-27H2,1-3H3. The van der Waals surface area contributed by atoms with Gasteiger partial charge in [0.2, 0.25) is 0 Å². The van der Waals surface area contributed by atoms with E-state index in [-0.39, 0.29) is 17.0 Å². The number of pyridine rings is 1. The first-order valence-corrected chi connectivity index (χ1v) is 12.7. The van der Waals surface area contributed by atoms with Gasteiger partial charge in [-0.1, -0.05) is 21.9 Å². The van der Waals surface area contributed by atoms with E-state index in [0.29, 0.717) is 29.3 Å². The van der Waals surface area contributed by atoms with Crippen LogP contribution < -0.4 is 10.2 Å². The van der Waals surface area contributed by atoms with Crippen LogP contribution in [-0.2, 0) is 9.85 Å². The van der Waals surface area contributed by atoms with Crippen molar-refractivity contribution in [2.45, 2.75) is 63.3 Å². The van der Waals surface area contributed by atoms with Crippen LogP contribution in [0.2, 0.25) is 0 Å². The van der Waals surface area contributed by atoms with Crippen molar-refractivity contribution in [2.24, 2.45) is 0 Å². The second kappa shape index (κ2) is 9.24. The molecular weight excluding hydrogens is 442 g/mol. The molecule has 11 heteroatoms. The first-order valence-electron chi connectivity index (χ1n) is 12.7. The van der Waals surface area contributed by atoms with E-state index in [4.69, 9.17) is 14.2 Å². The van der Waals surface area contributed by atoms with Crippen LogP contribution in [0.4, 0.5) is 10.2 Å². The largest absolute Gasteiger partial charge is 0.380 e. The third-order valence-electron chi connectivity index (χ3n) is 7.44. The number of piperidine rings is 1. The van der Waals surface area contributed by atoms with E-state index in [9.17, 15) is 0 Å². The van der Waals surface area contributed by atoms with E-state index in [2.05, 4.69) is 56.9 Å². The summed E-state index contributed by atoms with van der Waals surface area (Å²) < 4.78 is 26.6. The van der Waals surface area contributed by atoms with E-state index in [1.165, 1.54) is 0 Å². The number of aryl methyl sites for hydroxylation is 2. The maximum Gasteiger partial charge on any atom is 0.261 e. The van der Waals surface area contributed by atoms with Crippen LogP contribution in [0, 0.1) is 19.7 Å². The lowest BCUT2D eigenvalue weighted by molar-refractivity contribution is 0.185. The number of ether oxygens (including phenoxy) is 1. The summed E-state index contributed by atoms with van der Waals surface area (Å²) >= 11 is 0. The molecule has 3 atom stereocenters. The molecule has 2 saturated heterocycles. The summed E-state index contributed by atoms with van der Waals surface area (Å²) in [6, 6.07) is 4.75. The third-order valence-corrected chi connectivity index (χ3v) is 7.44. The van der Waals surface area contributed by atoms with E-state index in [1.54, 1.807) is 13.0 Å². The highest BCUT2D eigenvalue weighted by molar-refractivity contribution is 6.59. The molecule has 5 rings (SSSR count). The minimum Gasteiger partial charge on any atom is -0.380 e. The zero-order valence-corrected chi connectivity index (χ0v) is 21.6. The van der Waals surface area contributed by atoms with Gasteiger partial charge >= 0.3 is 0 Å². The van der Waals surface area contributed by atoms with Gasteiger partial charge in [-0.2, -0.15) is 4.98 Å². The predicted octanol–water partition coefficient (Wildman–Crippen LogP) is 0.786. The van der Waals surface area contributed by atoms with Gasteiger partial charge in [-0.05, 0) is 51.7 Å². The Bertz CT molecular complexity index is 1240. The summed E-state index contributed by atoms with van der Waals surface area (Å²) in [6.07, 6.45) is 3.02. The molecule has 3 unspecified atom stereocenters. The molecule has 4 heterocycles. The van der Waals surface area contributed by atoms with Crippen LogP contribution in [0.15, 0.2) is 16.7 Å². The molecule has 182 valence electrons. The highest BCUT2D eigenvalue weighted by Gasteiger charge is 2.33. The number of anilines is 1. The molecule has 0 spiro atoms. The maximum atomic E-state index is 15.5. The molecular formula is C24H33B3FN5O2. The van der Waals surface area contributed by atoms with Gasteiger partial charge in [-0.25, -0.2) is 9.37 Å². The number of aromatic nitrogens is 3. The number of fused-ring (bicyclic) bond motifs is 1. The van der Waals surface area contributed by atoms with Crippen LogP contribution in [0.5, 0.6) is 0 Å². The molecule has 1 aromatic carbocycles. The molecule has 0 saturated carbocycles. The number of hydrogen-bond acceptors (Lipinski definition) is 7. The molecule has 35 heavy (non-hydrogen) atoms. The van der Waals surface area contributed by atoms with E-state index in [1.807, 2.05) is 6.92 Å². The van der Waals surface area contributed by atoms with Crippen LogP contribution in [0.25, 0.3) is 22.4 Å². The zero-order valence-electron chi connectivity index (χ0n) is 21.6. The summed E-state index contributed by atoms with van der Waals surface area (Å²) in [5.41, 5.74) is 3.03. The van der Waals surface area contributed by atoms with Crippen LogP contribution in [0.3, 0.4) is 0 Å². The second-order valence-electron chi connectivity index (χ2n) is 11.2. The molecule has 0 bridgehead atoms. The molecule has 2 aliphatic heterocycles. The highest BCUT2D eigenvalue weighted by atomic mass is 19.1. The van der Waals surface area contributed by atoms with Gasteiger partial charge < -0.3 is 19.5 Å². The SMILES string of the molecule is BC(B)(B)c1cc(F)c2nc(N3CCC(NC4CCOC4)CC3C)c(-c3nc(C)no3)c(C)c2c1. The first kappa shape index (κ1) is 24.3. The summed E-state index contributed by atoms with van der Waals surface area (Å²) in [7, 11) is 6.26. The second-order valence-corrected chi connectivity index (χ2v) is 11.2. The summed E-state index contributed by atoms with van der Waals surface area (Å²) in [4.78, 5) is 11.8. The Labute approximate surface area is 208 Å². The number of benzene rings is 1. The molecule has 2 aromatic heterocycles. The van der Waals surface area contributed by atoms with Gasteiger partial charge in [0.05, 0.1) is 35.7 Å². The monoisotopic (exact) mass is 475 g/mol. The Balaban J connectivity index is 1.58. The molecule has 2 fully saturated rings. The van der Waals surface area contributed by atoms with Crippen LogP contribution in [-0.4, -0.2) is 76.5 Å². The summed E-state index contributed by atoms with van der Waals surface area (Å²) in [5, 5.41) is 8.40. The number of hydrogen-bond donors (Lipinski definition) is 1. The van der Waals surface area contributed by atoms with Crippen molar-refractivity contribution in [2.75, 3.05) is 24.7 Å². The molecule has 0 radical (unpaired) electrons. The Kier molecular flexibility index (Phi) is 6.42. The van der Waals surface area contributed by atoms with Crippen molar-refractivity contribution < 1.29 is 13.7 Å². The summed E-state index contributed by atoms with van der Waals surface area (Å²) in [6.45, 7) is 8.46. The number of nitrogens with zero attached hydrogens (tertiary/aromatic N) is 4. The van der Waals surface area contributed by atoms with Crippen LogP contribution >= 0.6 is 0 Å². The van der Waals surface area contributed by atoms with E-state index < -0.39 is 0 Å². The summed E-state index contributed by atoms with van der Waals surface area (Å²) in [5.74, 6) is 1.42. The third kappa shape index (κ3) is 4.72. The zero-order chi connectivity index (χ0) is 24.9. The fourth-order valence-electron chi connectivity index (χ4n) is 5.40. The van der Waals surface area contributed by atoms with Gasteiger partial charge in [0.1, 0.15) is 17.2 Å². The Morgan fingerprint density at radius 2 is 1.94 bits per heavy atom. The number of rotatable bonds is 5. The number of halogens is 1. The topological polar surface area (TPSA) is 76.3 Å². The molecule has 3 aromatic rings. The van der Waals surface area contributed by atoms with Gasteiger partial charge in [-0.15, -0.1) is 0 Å². The van der Waals surface area contributed by atoms with E-state index in [0.717, 1.165) is 66.9 Å². The van der Waals surface area contributed by atoms with Gasteiger partial charge in [0.25, 0.3) is 5.89 Å². The Hall–Kier alpha value is -2.39. The van der Waals surface area contributed by atoms with Gasteiger partial charge in [0, 0.05) is 36.7 Å². The van der Waals surface area contributed by atoms with Crippen molar-refractivity contribution in [1.82, 2.24) is 20.4 Å².